The molecular weight excluding hydrogens is 256 g/mol. The van der Waals surface area contributed by atoms with E-state index in [0.29, 0.717) is 18.0 Å². The van der Waals surface area contributed by atoms with Crippen LogP contribution in [0.25, 0.3) is 0 Å². The summed E-state index contributed by atoms with van der Waals surface area (Å²) in [6, 6.07) is 6.77. The summed E-state index contributed by atoms with van der Waals surface area (Å²) in [7, 11) is 0. The van der Waals surface area contributed by atoms with Crippen LogP contribution in [0.15, 0.2) is 24.3 Å². The summed E-state index contributed by atoms with van der Waals surface area (Å²) in [4.78, 5) is 23.5. The lowest BCUT2D eigenvalue weighted by Gasteiger charge is -2.17. The molecule has 1 aromatic rings. The highest BCUT2D eigenvalue weighted by Crippen LogP contribution is 2.08. The molecule has 0 fully saturated rings. The molecule has 0 heterocycles. The highest BCUT2D eigenvalue weighted by atomic mass is 16.3. The summed E-state index contributed by atoms with van der Waals surface area (Å²) in [6.45, 7) is 5.74. The number of hydrogen-bond donors (Lipinski definition) is 3. The minimum atomic E-state index is -0.731. The summed E-state index contributed by atoms with van der Waals surface area (Å²) in [5, 5.41) is 14.2. The molecule has 1 unspecified atom stereocenters. The molecule has 5 heteroatoms. The Morgan fingerprint density at radius 2 is 1.75 bits per heavy atom. The van der Waals surface area contributed by atoms with Gasteiger partial charge in [0.05, 0.1) is 12.6 Å². The van der Waals surface area contributed by atoms with E-state index in [4.69, 9.17) is 0 Å². The zero-order chi connectivity index (χ0) is 15.1. The van der Waals surface area contributed by atoms with E-state index in [0.717, 1.165) is 5.56 Å². The van der Waals surface area contributed by atoms with E-state index in [1.807, 2.05) is 32.9 Å². The monoisotopic (exact) mass is 278 g/mol. The van der Waals surface area contributed by atoms with Crippen molar-refractivity contribution in [2.75, 3.05) is 11.9 Å². The van der Waals surface area contributed by atoms with Crippen LogP contribution in [-0.2, 0) is 9.59 Å². The Kier molecular flexibility index (Phi) is 6.18. The van der Waals surface area contributed by atoms with Gasteiger partial charge in [0.1, 0.15) is 0 Å². The van der Waals surface area contributed by atoms with Crippen LogP contribution >= 0.6 is 0 Å². The molecule has 1 aromatic carbocycles. The Hall–Kier alpha value is -1.88. The third kappa shape index (κ3) is 5.40. The molecule has 0 spiro atoms. The second-order valence-corrected chi connectivity index (χ2v) is 5.30. The largest absolute Gasteiger partial charge is 0.394 e. The summed E-state index contributed by atoms with van der Waals surface area (Å²) >= 11 is 0. The first-order chi connectivity index (χ1) is 9.42. The van der Waals surface area contributed by atoms with Crippen molar-refractivity contribution in [1.82, 2.24) is 5.32 Å². The standard InChI is InChI=1S/C15H22N2O3/c1-10(2)8-13(9-18)17-15(20)14(19)16-12-6-4-11(3)5-7-12/h4-7,10,13,18H,8-9H2,1-3H3,(H,16,19)(H,17,20). The number of aliphatic hydroxyl groups is 1. The van der Waals surface area contributed by atoms with Crippen LogP contribution < -0.4 is 10.6 Å². The summed E-state index contributed by atoms with van der Waals surface area (Å²) in [5.74, 6) is -1.13. The van der Waals surface area contributed by atoms with E-state index in [9.17, 15) is 14.7 Å². The maximum Gasteiger partial charge on any atom is 0.313 e. The summed E-state index contributed by atoms with van der Waals surface area (Å²) in [5.41, 5.74) is 1.64. The van der Waals surface area contributed by atoms with Crippen LogP contribution in [0.1, 0.15) is 25.8 Å². The predicted molar refractivity (Wildman–Crippen MR) is 78.3 cm³/mol. The Morgan fingerprint density at radius 3 is 2.25 bits per heavy atom. The van der Waals surface area contributed by atoms with Crippen molar-refractivity contribution in [3.05, 3.63) is 29.8 Å². The van der Waals surface area contributed by atoms with E-state index in [-0.39, 0.29) is 6.61 Å². The van der Waals surface area contributed by atoms with E-state index in [1.165, 1.54) is 0 Å². The number of amides is 2. The fourth-order valence-corrected chi connectivity index (χ4v) is 1.82. The van der Waals surface area contributed by atoms with E-state index < -0.39 is 17.9 Å². The van der Waals surface area contributed by atoms with Crippen LogP contribution in [0.2, 0.25) is 0 Å². The number of aryl methyl sites for hydroxylation is 1. The molecule has 0 saturated carbocycles. The van der Waals surface area contributed by atoms with Gasteiger partial charge in [0.25, 0.3) is 0 Å². The number of anilines is 1. The topological polar surface area (TPSA) is 78.4 Å². The Morgan fingerprint density at radius 1 is 1.15 bits per heavy atom. The molecule has 1 rings (SSSR count). The maximum absolute atomic E-state index is 11.7. The minimum Gasteiger partial charge on any atom is -0.394 e. The number of carbonyl (C=O) groups excluding carboxylic acids is 2. The van der Waals surface area contributed by atoms with Crippen LogP contribution in [0.4, 0.5) is 5.69 Å². The van der Waals surface area contributed by atoms with Crippen molar-refractivity contribution < 1.29 is 14.7 Å². The molecule has 110 valence electrons. The van der Waals surface area contributed by atoms with Gasteiger partial charge < -0.3 is 15.7 Å². The smallest absolute Gasteiger partial charge is 0.313 e. The molecule has 5 nitrogen and oxygen atoms in total. The number of benzene rings is 1. The molecule has 20 heavy (non-hydrogen) atoms. The van der Waals surface area contributed by atoms with Gasteiger partial charge in [0.15, 0.2) is 0 Å². The molecule has 3 N–H and O–H groups in total. The fourth-order valence-electron chi connectivity index (χ4n) is 1.82. The average molecular weight is 278 g/mol. The van der Waals surface area contributed by atoms with Crippen molar-refractivity contribution in [2.45, 2.75) is 33.2 Å². The Balaban J connectivity index is 2.54. The molecule has 0 aromatic heterocycles. The normalized spacial score (nSPS) is 12.1. The van der Waals surface area contributed by atoms with E-state index in [1.54, 1.807) is 12.1 Å². The number of hydrogen-bond acceptors (Lipinski definition) is 3. The van der Waals surface area contributed by atoms with E-state index in [2.05, 4.69) is 10.6 Å². The van der Waals surface area contributed by atoms with Crippen molar-refractivity contribution in [2.24, 2.45) is 5.92 Å². The van der Waals surface area contributed by atoms with Gasteiger partial charge in [-0.05, 0) is 31.4 Å². The highest BCUT2D eigenvalue weighted by Gasteiger charge is 2.18. The van der Waals surface area contributed by atoms with Gasteiger partial charge in [0, 0.05) is 5.69 Å². The number of carbonyl (C=O) groups is 2. The molecule has 0 saturated heterocycles. The van der Waals surface area contributed by atoms with Crippen LogP contribution in [0.5, 0.6) is 0 Å². The highest BCUT2D eigenvalue weighted by molar-refractivity contribution is 6.39. The molecule has 0 aliphatic rings. The second-order valence-electron chi connectivity index (χ2n) is 5.30. The first-order valence-corrected chi connectivity index (χ1v) is 6.71. The van der Waals surface area contributed by atoms with Crippen LogP contribution in [0.3, 0.4) is 0 Å². The molecule has 0 bridgehead atoms. The van der Waals surface area contributed by atoms with Gasteiger partial charge in [-0.1, -0.05) is 31.5 Å². The van der Waals surface area contributed by atoms with Gasteiger partial charge >= 0.3 is 11.8 Å². The van der Waals surface area contributed by atoms with Gasteiger partial charge in [-0.2, -0.15) is 0 Å². The molecule has 0 aliphatic carbocycles. The van der Waals surface area contributed by atoms with Gasteiger partial charge in [-0.15, -0.1) is 0 Å². The lowest BCUT2D eigenvalue weighted by molar-refractivity contribution is -0.136. The average Bonchev–Trinajstić information content (AvgIpc) is 2.39. The zero-order valence-electron chi connectivity index (χ0n) is 12.1. The molecule has 1 atom stereocenters. The number of nitrogens with one attached hydrogen (secondary N) is 2. The second kappa shape index (κ2) is 7.65. The zero-order valence-corrected chi connectivity index (χ0v) is 12.1. The van der Waals surface area contributed by atoms with Gasteiger partial charge in [-0.3, -0.25) is 9.59 Å². The summed E-state index contributed by atoms with van der Waals surface area (Å²) < 4.78 is 0. The first-order valence-electron chi connectivity index (χ1n) is 6.71. The molecular formula is C15H22N2O3. The lowest BCUT2D eigenvalue weighted by atomic mass is 10.0. The van der Waals surface area contributed by atoms with Crippen molar-refractivity contribution in [3.8, 4) is 0 Å². The van der Waals surface area contributed by atoms with E-state index >= 15 is 0 Å². The first kappa shape index (κ1) is 16.2. The minimum absolute atomic E-state index is 0.179. The molecule has 2 amide bonds. The Labute approximate surface area is 119 Å². The van der Waals surface area contributed by atoms with Gasteiger partial charge in [0.2, 0.25) is 0 Å². The van der Waals surface area contributed by atoms with Crippen molar-refractivity contribution >= 4 is 17.5 Å². The fraction of sp³-hybridized carbons (Fsp3) is 0.467. The van der Waals surface area contributed by atoms with Crippen molar-refractivity contribution in [1.29, 1.82) is 0 Å². The number of aliphatic hydroxyl groups excluding tert-OH is 1. The number of rotatable bonds is 5. The van der Waals surface area contributed by atoms with Crippen LogP contribution in [-0.4, -0.2) is 29.6 Å². The third-order valence-electron chi connectivity index (χ3n) is 2.83. The SMILES string of the molecule is Cc1ccc(NC(=O)C(=O)NC(CO)CC(C)C)cc1. The summed E-state index contributed by atoms with van der Waals surface area (Å²) in [6.07, 6.45) is 0.625. The Bertz CT molecular complexity index is 455. The molecule has 0 aliphatic heterocycles. The van der Waals surface area contributed by atoms with Crippen LogP contribution in [0, 0.1) is 12.8 Å². The predicted octanol–water partition coefficient (Wildman–Crippen LogP) is 1.46. The maximum atomic E-state index is 11.7. The van der Waals surface area contributed by atoms with Gasteiger partial charge in [-0.25, -0.2) is 0 Å². The third-order valence-corrected chi connectivity index (χ3v) is 2.83. The quantitative estimate of drug-likeness (QED) is 0.713. The lowest BCUT2D eigenvalue weighted by Crippen LogP contribution is -2.44. The molecule has 0 radical (unpaired) electrons. The van der Waals surface area contributed by atoms with Crippen molar-refractivity contribution in [3.63, 3.8) is 0 Å².